The number of carbonyl (C=O) groups excluding carboxylic acids is 1. The maximum absolute atomic E-state index is 10.7. The lowest BCUT2D eigenvalue weighted by Gasteiger charge is -2.11. The van der Waals surface area contributed by atoms with Gasteiger partial charge in [0.25, 0.3) is 0 Å². The molecule has 1 aromatic rings. The molecule has 1 heterocycles. The number of amides is 1. The third-order valence-corrected chi connectivity index (χ3v) is 2.74. The summed E-state index contributed by atoms with van der Waals surface area (Å²) in [5.41, 5.74) is 5.09. The van der Waals surface area contributed by atoms with Gasteiger partial charge < -0.3 is 11.1 Å². The van der Waals surface area contributed by atoms with Crippen molar-refractivity contribution in [2.45, 2.75) is 38.8 Å². The second-order valence-electron chi connectivity index (χ2n) is 4.59. The lowest BCUT2D eigenvalue weighted by molar-refractivity contribution is -0.118. The van der Waals surface area contributed by atoms with Gasteiger partial charge >= 0.3 is 0 Å². The van der Waals surface area contributed by atoms with Crippen LogP contribution in [0.3, 0.4) is 0 Å². The molecule has 0 spiro atoms. The van der Waals surface area contributed by atoms with Crippen molar-refractivity contribution in [1.29, 1.82) is 0 Å². The minimum Gasteiger partial charge on any atom is -0.368 e. The zero-order valence-corrected chi connectivity index (χ0v) is 9.52. The minimum absolute atomic E-state index is 0.138. The van der Waals surface area contributed by atoms with E-state index in [0.29, 0.717) is 6.04 Å². The SMILES string of the molecule is CC(CC1CC1)Nc1ccn(CC(N)=O)n1. The molecule has 2 rings (SSSR count). The zero-order valence-electron chi connectivity index (χ0n) is 9.52. The van der Waals surface area contributed by atoms with Crippen LogP contribution in [-0.4, -0.2) is 21.7 Å². The van der Waals surface area contributed by atoms with Gasteiger partial charge in [-0.2, -0.15) is 5.10 Å². The number of aromatic nitrogens is 2. The molecule has 16 heavy (non-hydrogen) atoms. The summed E-state index contributed by atoms with van der Waals surface area (Å²) in [7, 11) is 0. The van der Waals surface area contributed by atoms with Crippen LogP contribution in [0.4, 0.5) is 5.82 Å². The molecule has 5 heteroatoms. The molecule has 1 atom stereocenters. The minimum atomic E-state index is -0.374. The van der Waals surface area contributed by atoms with Crippen LogP contribution in [0.15, 0.2) is 12.3 Å². The number of nitrogens with zero attached hydrogens (tertiary/aromatic N) is 2. The molecule has 88 valence electrons. The molecule has 1 aliphatic rings. The molecule has 0 saturated heterocycles. The van der Waals surface area contributed by atoms with E-state index in [9.17, 15) is 4.79 Å². The van der Waals surface area contributed by atoms with Crippen LogP contribution in [-0.2, 0) is 11.3 Å². The standard InChI is InChI=1S/C11H18N4O/c1-8(6-9-2-3-9)13-11-4-5-15(14-11)7-10(12)16/h4-5,8-9H,2-3,6-7H2,1H3,(H2,12,16)(H,13,14). The number of hydrogen-bond donors (Lipinski definition) is 2. The predicted octanol–water partition coefficient (Wildman–Crippen LogP) is 0.969. The third-order valence-electron chi connectivity index (χ3n) is 2.74. The van der Waals surface area contributed by atoms with E-state index in [1.807, 2.05) is 6.07 Å². The maximum Gasteiger partial charge on any atom is 0.239 e. The van der Waals surface area contributed by atoms with Gasteiger partial charge in [-0.3, -0.25) is 9.48 Å². The Morgan fingerprint density at radius 2 is 2.50 bits per heavy atom. The number of nitrogens with one attached hydrogen (secondary N) is 1. The Morgan fingerprint density at radius 3 is 3.12 bits per heavy atom. The number of rotatable bonds is 6. The molecule has 0 aromatic carbocycles. The number of anilines is 1. The van der Waals surface area contributed by atoms with Crippen LogP contribution in [0.2, 0.25) is 0 Å². The fourth-order valence-corrected chi connectivity index (χ4v) is 1.85. The van der Waals surface area contributed by atoms with Crippen LogP contribution in [0.1, 0.15) is 26.2 Å². The average molecular weight is 222 g/mol. The smallest absolute Gasteiger partial charge is 0.239 e. The molecule has 1 saturated carbocycles. The number of nitrogens with two attached hydrogens (primary N) is 1. The molecular formula is C11H18N4O. The van der Waals surface area contributed by atoms with Gasteiger partial charge in [-0.15, -0.1) is 0 Å². The van der Waals surface area contributed by atoms with Gasteiger partial charge in [0.15, 0.2) is 0 Å². The molecule has 5 nitrogen and oxygen atoms in total. The quantitative estimate of drug-likeness (QED) is 0.753. The second-order valence-corrected chi connectivity index (χ2v) is 4.59. The maximum atomic E-state index is 10.7. The van der Waals surface area contributed by atoms with Gasteiger partial charge in [0.1, 0.15) is 12.4 Å². The van der Waals surface area contributed by atoms with Gasteiger partial charge in [0, 0.05) is 18.3 Å². The fourth-order valence-electron chi connectivity index (χ4n) is 1.85. The average Bonchev–Trinajstić information content (AvgIpc) is 2.87. The lowest BCUT2D eigenvalue weighted by Crippen LogP contribution is -2.20. The van der Waals surface area contributed by atoms with E-state index in [-0.39, 0.29) is 12.5 Å². The van der Waals surface area contributed by atoms with Crippen molar-refractivity contribution >= 4 is 11.7 Å². The summed E-state index contributed by atoms with van der Waals surface area (Å²) in [5, 5.41) is 7.55. The summed E-state index contributed by atoms with van der Waals surface area (Å²) in [6.45, 7) is 2.30. The van der Waals surface area contributed by atoms with Crippen molar-refractivity contribution in [2.24, 2.45) is 11.7 Å². The summed E-state index contributed by atoms with van der Waals surface area (Å²) in [5.74, 6) is 1.34. The second kappa shape index (κ2) is 4.55. The first kappa shape index (κ1) is 11.0. The van der Waals surface area contributed by atoms with E-state index in [1.54, 1.807) is 10.9 Å². The van der Waals surface area contributed by atoms with Gasteiger partial charge in [-0.05, 0) is 19.3 Å². The number of primary amides is 1. The van der Waals surface area contributed by atoms with Crippen LogP contribution < -0.4 is 11.1 Å². The lowest BCUT2D eigenvalue weighted by atomic mass is 10.1. The van der Waals surface area contributed by atoms with Gasteiger partial charge in [0.2, 0.25) is 5.91 Å². The predicted molar refractivity (Wildman–Crippen MR) is 61.8 cm³/mol. The molecule has 1 unspecified atom stereocenters. The van der Waals surface area contributed by atoms with E-state index < -0.39 is 0 Å². The normalized spacial score (nSPS) is 17.1. The molecule has 0 aliphatic heterocycles. The van der Waals surface area contributed by atoms with E-state index in [0.717, 1.165) is 11.7 Å². The summed E-state index contributed by atoms with van der Waals surface area (Å²) < 4.78 is 1.55. The van der Waals surface area contributed by atoms with Crippen LogP contribution in [0, 0.1) is 5.92 Å². The molecular weight excluding hydrogens is 204 g/mol. The van der Waals surface area contributed by atoms with Crippen molar-refractivity contribution in [3.63, 3.8) is 0 Å². The van der Waals surface area contributed by atoms with Crippen molar-refractivity contribution in [2.75, 3.05) is 5.32 Å². The monoisotopic (exact) mass is 222 g/mol. The van der Waals surface area contributed by atoms with Gasteiger partial charge in [-0.1, -0.05) is 12.8 Å². The Balaban J connectivity index is 1.83. The van der Waals surface area contributed by atoms with Crippen molar-refractivity contribution in [3.05, 3.63) is 12.3 Å². The Labute approximate surface area is 95.0 Å². The Morgan fingerprint density at radius 1 is 1.75 bits per heavy atom. The molecule has 0 radical (unpaired) electrons. The van der Waals surface area contributed by atoms with Crippen LogP contribution in [0.25, 0.3) is 0 Å². The molecule has 0 bridgehead atoms. The van der Waals surface area contributed by atoms with Gasteiger partial charge in [-0.25, -0.2) is 0 Å². The van der Waals surface area contributed by atoms with E-state index in [2.05, 4.69) is 17.3 Å². The third kappa shape index (κ3) is 3.25. The molecule has 1 aromatic heterocycles. The number of hydrogen-bond acceptors (Lipinski definition) is 3. The first-order valence-corrected chi connectivity index (χ1v) is 5.72. The van der Waals surface area contributed by atoms with Crippen LogP contribution >= 0.6 is 0 Å². The highest BCUT2D eigenvalue weighted by Crippen LogP contribution is 2.33. The highest BCUT2D eigenvalue weighted by atomic mass is 16.1. The van der Waals surface area contributed by atoms with Gasteiger partial charge in [0.05, 0.1) is 0 Å². The summed E-state index contributed by atoms with van der Waals surface area (Å²) >= 11 is 0. The van der Waals surface area contributed by atoms with E-state index >= 15 is 0 Å². The molecule has 1 amide bonds. The largest absolute Gasteiger partial charge is 0.368 e. The number of carbonyl (C=O) groups is 1. The Hall–Kier alpha value is -1.52. The topological polar surface area (TPSA) is 72.9 Å². The molecule has 1 fully saturated rings. The highest BCUT2D eigenvalue weighted by molar-refractivity contribution is 5.73. The summed E-state index contributed by atoms with van der Waals surface area (Å²) in [6.07, 6.45) is 5.68. The van der Waals surface area contributed by atoms with Crippen molar-refractivity contribution in [3.8, 4) is 0 Å². The first-order chi connectivity index (χ1) is 7.63. The van der Waals surface area contributed by atoms with Crippen LogP contribution in [0.5, 0.6) is 0 Å². The Bertz CT molecular complexity index is 370. The summed E-state index contributed by atoms with van der Waals surface area (Å²) in [6, 6.07) is 2.30. The van der Waals surface area contributed by atoms with E-state index in [1.165, 1.54) is 19.3 Å². The Kier molecular flexibility index (Phi) is 3.12. The zero-order chi connectivity index (χ0) is 11.5. The molecule has 3 N–H and O–H groups in total. The van der Waals surface area contributed by atoms with Crippen molar-refractivity contribution < 1.29 is 4.79 Å². The summed E-state index contributed by atoms with van der Waals surface area (Å²) in [4.78, 5) is 10.7. The van der Waals surface area contributed by atoms with E-state index in [4.69, 9.17) is 5.73 Å². The molecule has 1 aliphatic carbocycles. The fraction of sp³-hybridized carbons (Fsp3) is 0.636. The first-order valence-electron chi connectivity index (χ1n) is 5.72. The highest BCUT2D eigenvalue weighted by Gasteiger charge is 2.23. The van der Waals surface area contributed by atoms with Crippen molar-refractivity contribution in [1.82, 2.24) is 9.78 Å².